The number of aromatic nitrogens is 1. The number of rotatable bonds is 2. The number of halogens is 1. The second-order valence-corrected chi connectivity index (χ2v) is 5.17. The van der Waals surface area contributed by atoms with Crippen LogP contribution in [-0.4, -0.2) is 11.0 Å². The smallest absolute Gasteiger partial charge is 0.106 e. The quantitative estimate of drug-likeness (QED) is 0.819. The van der Waals surface area contributed by atoms with Gasteiger partial charge in [0.1, 0.15) is 4.60 Å². The van der Waals surface area contributed by atoms with E-state index in [-0.39, 0.29) is 0 Å². The summed E-state index contributed by atoms with van der Waals surface area (Å²) in [5.74, 6) is 1.99. The lowest BCUT2D eigenvalue weighted by molar-refractivity contribution is 0.654. The summed E-state index contributed by atoms with van der Waals surface area (Å²) in [5.41, 5.74) is 1.16. The molecule has 0 spiro atoms. The van der Waals surface area contributed by atoms with Crippen molar-refractivity contribution in [1.82, 2.24) is 4.98 Å². The van der Waals surface area contributed by atoms with Crippen LogP contribution in [0, 0.1) is 11.8 Å². The topological polar surface area (TPSA) is 24.9 Å². The first-order valence-electron chi connectivity index (χ1n) is 5.21. The molecule has 3 atom stereocenters. The van der Waals surface area contributed by atoms with Crippen molar-refractivity contribution in [2.75, 3.05) is 5.32 Å². The van der Waals surface area contributed by atoms with E-state index in [9.17, 15) is 0 Å². The Bertz CT molecular complexity index is 336. The zero-order valence-electron chi connectivity index (χ0n) is 7.91. The molecule has 0 aliphatic heterocycles. The number of nitrogens with zero attached hydrogens (tertiary/aromatic N) is 1. The molecular formula is C11H13BrN2. The van der Waals surface area contributed by atoms with Crippen molar-refractivity contribution in [3.63, 3.8) is 0 Å². The van der Waals surface area contributed by atoms with Gasteiger partial charge in [0.25, 0.3) is 0 Å². The van der Waals surface area contributed by atoms with Gasteiger partial charge in [-0.1, -0.05) is 0 Å². The van der Waals surface area contributed by atoms with E-state index in [2.05, 4.69) is 32.3 Å². The van der Waals surface area contributed by atoms with Crippen molar-refractivity contribution in [3.05, 3.63) is 22.9 Å². The molecule has 74 valence electrons. The van der Waals surface area contributed by atoms with Gasteiger partial charge < -0.3 is 5.32 Å². The summed E-state index contributed by atoms with van der Waals surface area (Å²) in [7, 11) is 0. The first kappa shape index (κ1) is 8.72. The van der Waals surface area contributed by atoms with E-state index in [1.54, 1.807) is 0 Å². The Hall–Kier alpha value is -0.570. The molecular weight excluding hydrogens is 240 g/mol. The van der Waals surface area contributed by atoms with Crippen molar-refractivity contribution in [2.24, 2.45) is 11.8 Å². The fourth-order valence-corrected chi connectivity index (χ4v) is 2.79. The Morgan fingerprint density at radius 2 is 2.29 bits per heavy atom. The monoisotopic (exact) mass is 252 g/mol. The molecule has 3 rings (SSSR count). The molecule has 3 heteroatoms. The molecule has 2 aliphatic rings. The molecule has 0 radical (unpaired) electrons. The van der Waals surface area contributed by atoms with Gasteiger partial charge in [-0.05, 0) is 59.2 Å². The lowest BCUT2D eigenvalue weighted by atomic mass is 10.1. The zero-order chi connectivity index (χ0) is 9.54. The summed E-state index contributed by atoms with van der Waals surface area (Å²) in [6.45, 7) is 0. The summed E-state index contributed by atoms with van der Waals surface area (Å²) in [4.78, 5) is 4.21. The molecule has 1 aromatic rings. The molecule has 0 saturated heterocycles. The standard InChI is InChI=1S/C11H13BrN2/c12-11-4-2-8(6-13-11)14-10-3-1-7-5-9(7)10/h2,4,6-7,9-10,14H,1,3,5H2/t7-,9+,10?/m1/s1. The highest BCUT2D eigenvalue weighted by molar-refractivity contribution is 9.10. The average Bonchev–Trinajstić information content (AvgIpc) is 2.88. The molecule has 1 heterocycles. The Labute approximate surface area is 92.2 Å². The number of hydrogen-bond acceptors (Lipinski definition) is 2. The molecule has 0 bridgehead atoms. The van der Waals surface area contributed by atoms with Gasteiger partial charge in [0.2, 0.25) is 0 Å². The Balaban J connectivity index is 1.69. The normalized spacial score (nSPS) is 33.9. The van der Waals surface area contributed by atoms with Crippen LogP contribution in [0.25, 0.3) is 0 Å². The summed E-state index contributed by atoms with van der Waals surface area (Å²) < 4.78 is 0.902. The van der Waals surface area contributed by atoms with Crippen LogP contribution in [-0.2, 0) is 0 Å². The molecule has 1 unspecified atom stereocenters. The molecule has 1 N–H and O–H groups in total. The predicted octanol–water partition coefficient (Wildman–Crippen LogP) is 3.05. The van der Waals surface area contributed by atoms with Crippen molar-refractivity contribution in [1.29, 1.82) is 0 Å². The maximum atomic E-state index is 4.21. The highest BCUT2D eigenvalue weighted by Crippen LogP contribution is 2.52. The number of fused-ring (bicyclic) bond motifs is 1. The molecule has 2 saturated carbocycles. The third kappa shape index (κ3) is 1.54. The van der Waals surface area contributed by atoms with Crippen molar-refractivity contribution < 1.29 is 0 Å². The fourth-order valence-electron chi connectivity index (χ4n) is 2.56. The molecule has 1 aromatic heterocycles. The van der Waals surface area contributed by atoms with Crippen molar-refractivity contribution >= 4 is 21.6 Å². The Morgan fingerprint density at radius 1 is 1.36 bits per heavy atom. The van der Waals surface area contributed by atoms with Gasteiger partial charge in [0.15, 0.2) is 0 Å². The first-order valence-corrected chi connectivity index (χ1v) is 6.00. The van der Waals surface area contributed by atoms with Gasteiger partial charge in [-0.15, -0.1) is 0 Å². The number of anilines is 1. The van der Waals surface area contributed by atoms with E-state index in [0.717, 1.165) is 22.1 Å². The van der Waals surface area contributed by atoms with E-state index >= 15 is 0 Å². The third-order valence-corrected chi connectivity index (χ3v) is 3.89. The SMILES string of the molecule is Brc1ccc(NC2CC[C@@H]3C[C@H]23)cn1. The third-order valence-electron chi connectivity index (χ3n) is 3.42. The molecule has 0 amide bonds. The average molecular weight is 253 g/mol. The summed E-state index contributed by atoms with van der Waals surface area (Å²) in [6.07, 6.45) is 6.11. The number of hydrogen-bond donors (Lipinski definition) is 1. The minimum absolute atomic E-state index is 0.711. The maximum absolute atomic E-state index is 4.21. The van der Waals surface area contributed by atoms with Gasteiger partial charge in [-0.3, -0.25) is 0 Å². The van der Waals surface area contributed by atoms with Crippen LogP contribution in [0.1, 0.15) is 19.3 Å². The van der Waals surface area contributed by atoms with Crippen LogP contribution >= 0.6 is 15.9 Å². The Morgan fingerprint density at radius 3 is 2.86 bits per heavy atom. The number of nitrogens with one attached hydrogen (secondary N) is 1. The summed E-state index contributed by atoms with van der Waals surface area (Å²) in [5, 5.41) is 3.58. The van der Waals surface area contributed by atoms with Crippen LogP contribution in [0.5, 0.6) is 0 Å². The molecule has 2 fully saturated rings. The largest absolute Gasteiger partial charge is 0.381 e. The molecule has 2 aliphatic carbocycles. The number of pyridine rings is 1. The van der Waals surface area contributed by atoms with Gasteiger partial charge in [-0.25, -0.2) is 4.98 Å². The van der Waals surface area contributed by atoms with E-state index in [1.807, 2.05) is 12.3 Å². The zero-order valence-corrected chi connectivity index (χ0v) is 9.50. The minimum Gasteiger partial charge on any atom is -0.381 e. The second kappa shape index (κ2) is 3.23. The minimum atomic E-state index is 0.711. The van der Waals surface area contributed by atoms with E-state index in [4.69, 9.17) is 0 Å². The highest BCUT2D eigenvalue weighted by atomic mass is 79.9. The van der Waals surface area contributed by atoms with Gasteiger partial charge in [-0.2, -0.15) is 0 Å². The van der Waals surface area contributed by atoms with Gasteiger partial charge in [0, 0.05) is 6.04 Å². The van der Waals surface area contributed by atoms with Crippen LogP contribution in [0.2, 0.25) is 0 Å². The first-order chi connectivity index (χ1) is 6.83. The molecule has 2 nitrogen and oxygen atoms in total. The van der Waals surface area contributed by atoms with Gasteiger partial charge >= 0.3 is 0 Å². The predicted molar refractivity (Wildman–Crippen MR) is 60.2 cm³/mol. The second-order valence-electron chi connectivity index (χ2n) is 4.36. The fraction of sp³-hybridized carbons (Fsp3) is 0.545. The van der Waals surface area contributed by atoms with Crippen LogP contribution in [0.15, 0.2) is 22.9 Å². The van der Waals surface area contributed by atoms with E-state index < -0.39 is 0 Å². The van der Waals surface area contributed by atoms with Crippen LogP contribution in [0.4, 0.5) is 5.69 Å². The van der Waals surface area contributed by atoms with Crippen LogP contribution < -0.4 is 5.32 Å². The van der Waals surface area contributed by atoms with Gasteiger partial charge in [0.05, 0.1) is 11.9 Å². The molecule has 0 aromatic carbocycles. The summed E-state index contributed by atoms with van der Waals surface area (Å²) >= 11 is 3.34. The maximum Gasteiger partial charge on any atom is 0.106 e. The van der Waals surface area contributed by atoms with E-state index in [1.165, 1.54) is 19.3 Å². The van der Waals surface area contributed by atoms with Crippen molar-refractivity contribution in [3.8, 4) is 0 Å². The summed E-state index contributed by atoms with van der Waals surface area (Å²) in [6, 6.07) is 4.79. The lowest BCUT2D eigenvalue weighted by Crippen LogP contribution is -2.18. The highest BCUT2D eigenvalue weighted by Gasteiger charge is 2.47. The molecule has 14 heavy (non-hydrogen) atoms. The van der Waals surface area contributed by atoms with Crippen LogP contribution in [0.3, 0.4) is 0 Å². The Kier molecular flexibility index (Phi) is 2.01. The lowest BCUT2D eigenvalue weighted by Gasteiger charge is -2.15. The van der Waals surface area contributed by atoms with E-state index in [0.29, 0.717) is 6.04 Å². The van der Waals surface area contributed by atoms with Crippen molar-refractivity contribution in [2.45, 2.75) is 25.3 Å².